The Bertz CT molecular complexity index is 421. The quantitative estimate of drug-likeness (QED) is 0.687. The van der Waals surface area contributed by atoms with Gasteiger partial charge in [0.25, 0.3) is 0 Å². The Labute approximate surface area is 101 Å². The number of carbonyl (C=O) groups is 2. The lowest BCUT2D eigenvalue weighted by atomic mass is 9.78. The molecule has 92 valence electrons. The van der Waals surface area contributed by atoms with Gasteiger partial charge in [-0.1, -0.05) is 0 Å². The maximum Gasteiger partial charge on any atom is 0.334 e. The summed E-state index contributed by atoms with van der Waals surface area (Å²) in [6.45, 7) is 3.99. The van der Waals surface area contributed by atoms with Crippen LogP contribution < -0.4 is 0 Å². The van der Waals surface area contributed by atoms with Crippen molar-refractivity contribution in [2.75, 3.05) is 6.61 Å². The van der Waals surface area contributed by atoms with Gasteiger partial charge in [0.15, 0.2) is 5.78 Å². The van der Waals surface area contributed by atoms with Crippen LogP contribution in [0.25, 0.3) is 0 Å². The molecule has 4 atom stereocenters. The lowest BCUT2D eigenvalue weighted by Gasteiger charge is -2.25. The summed E-state index contributed by atoms with van der Waals surface area (Å²) in [5.41, 5.74) is 1.38. The fourth-order valence-electron chi connectivity index (χ4n) is 4.21. The van der Waals surface area contributed by atoms with Crippen LogP contribution in [0.1, 0.15) is 33.1 Å². The first-order chi connectivity index (χ1) is 8.15. The largest absolute Gasteiger partial charge is 0.463 e. The van der Waals surface area contributed by atoms with Crippen LogP contribution in [0.4, 0.5) is 0 Å². The summed E-state index contributed by atoms with van der Waals surface area (Å²) in [4.78, 5) is 24.2. The fraction of sp³-hybridized carbons (Fsp3) is 0.714. The second-order valence-corrected chi connectivity index (χ2v) is 5.51. The van der Waals surface area contributed by atoms with Gasteiger partial charge in [0.2, 0.25) is 0 Å². The van der Waals surface area contributed by atoms with Gasteiger partial charge in [-0.25, -0.2) is 4.79 Å². The summed E-state index contributed by atoms with van der Waals surface area (Å²) < 4.78 is 5.11. The summed E-state index contributed by atoms with van der Waals surface area (Å²) in [7, 11) is 0. The van der Waals surface area contributed by atoms with E-state index in [0.29, 0.717) is 29.6 Å². The third kappa shape index (κ3) is 1.34. The van der Waals surface area contributed by atoms with Gasteiger partial charge in [0.05, 0.1) is 6.61 Å². The number of ketones is 1. The van der Waals surface area contributed by atoms with E-state index in [9.17, 15) is 9.59 Å². The van der Waals surface area contributed by atoms with Crippen LogP contribution in [0.15, 0.2) is 11.1 Å². The topological polar surface area (TPSA) is 43.4 Å². The molecule has 4 unspecified atom stereocenters. The summed E-state index contributed by atoms with van der Waals surface area (Å²) in [6.07, 6.45) is 3.48. The highest BCUT2D eigenvalue weighted by molar-refractivity contribution is 6.09. The van der Waals surface area contributed by atoms with Crippen LogP contribution in [0.2, 0.25) is 0 Å². The number of ether oxygens (including phenoxy) is 1. The minimum Gasteiger partial charge on any atom is -0.463 e. The van der Waals surface area contributed by atoms with Gasteiger partial charge in [-0.05, 0) is 44.9 Å². The van der Waals surface area contributed by atoms with E-state index in [0.717, 1.165) is 6.42 Å². The lowest BCUT2D eigenvalue weighted by molar-refractivity contribution is -0.139. The average Bonchev–Trinajstić information content (AvgIpc) is 2.94. The first-order valence-electron chi connectivity index (χ1n) is 6.57. The number of carbonyl (C=O) groups excluding carboxylic acids is 2. The van der Waals surface area contributed by atoms with E-state index in [1.807, 2.05) is 6.92 Å². The van der Waals surface area contributed by atoms with Gasteiger partial charge in [0.1, 0.15) is 0 Å². The van der Waals surface area contributed by atoms with Gasteiger partial charge >= 0.3 is 5.97 Å². The first kappa shape index (κ1) is 11.0. The molecule has 2 saturated carbocycles. The van der Waals surface area contributed by atoms with Crippen molar-refractivity contribution in [3.63, 3.8) is 0 Å². The van der Waals surface area contributed by atoms with E-state index in [1.165, 1.54) is 12.8 Å². The average molecular weight is 234 g/mol. The van der Waals surface area contributed by atoms with Crippen LogP contribution >= 0.6 is 0 Å². The molecule has 3 aliphatic rings. The predicted molar refractivity (Wildman–Crippen MR) is 62.2 cm³/mol. The van der Waals surface area contributed by atoms with Gasteiger partial charge in [-0.3, -0.25) is 4.79 Å². The van der Waals surface area contributed by atoms with Crippen molar-refractivity contribution in [3.8, 4) is 0 Å². The molecule has 0 aromatic heterocycles. The Balaban J connectivity index is 1.97. The van der Waals surface area contributed by atoms with Gasteiger partial charge in [-0.15, -0.1) is 0 Å². The molecule has 0 N–H and O–H groups in total. The molecule has 0 saturated heterocycles. The SMILES string of the molecule is CCOC(=O)C1=C(C)C(=O)C2C3CCC(C3)C12. The van der Waals surface area contributed by atoms with Crippen molar-refractivity contribution >= 4 is 11.8 Å². The standard InChI is InChI=1S/C14H18O3/c1-3-17-14(16)10-7(2)13(15)12-9-5-4-8(6-9)11(10)12/h8-9,11-12H,3-6H2,1-2H3. The number of fused-ring (bicyclic) bond motifs is 5. The number of rotatable bonds is 2. The molecule has 3 aliphatic carbocycles. The Morgan fingerprint density at radius 3 is 2.59 bits per heavy atom. The van der Waals surface area contributed by atoms with Crippen LogP contribution in [0.3, 0.4) is 0 Å². The van der Waals surface area contributed by atoms with Crippen LogP contribution in [0.5, 0.6) is 0 Å². The third-order valence-electron chi connectivity index (χ3n) is 4.82. The monoisotopic (exact) mass is 234 g/mol. The number of Topliss-reactive ketones (excluding diaryl/α,β-unsaturated/α-hetero) is 1. The molecule has 0 aromatic rings. The van der Waals surface area contributed by atoms with Gasteiger partial charge in [-0.2, -0.15) is 0 Å². The number of esters is 1. The normalized spacial score (nSPS) is 38.8. The van der Waals surface area contributed by atoms with Crippen LogP contribution in [0, 0.1) is 23.7 Å². The Kier molecular flexibility index (Phi) is 2.39. The Hall–Kier alpha value is -1.12. The molecule has 3 rings (SSSR count). The zero-order chi connectivity index (χ0) is 12.2. The maximum atomic E-state index is 12.2. The van der Waals surface area contributed by atoms with E-state index in [2.05, 4.69) is 0 Å². The molecule has 0 spiro atoms. The van der Waals surface area contributed by atoms with Crippen LogP contribution in [-0.4, -0.2) is 18.4 Å². The van der Waals surface area contributed by atoms with E-state index in [4.69, 9.17) is 4.74 Å². The summed E-state index contributed by atoms with van der Waals surface area (Å²) >= 11 is 0. The molecule has 0 radical (unpaired) electrons. The van der Waals surface area contributed by atoms with Crippen molar-refractivity contribution < 1.29 is 14.3 Å². The molecular formula is C14H18O3. The highest BCUT2D eigenvalue weighted by Gasteiger charge is 2.57. The fourth-order valence-corrected chi connectivity index (χ4v) is 4.21. The molecule has 3 heteroatoms. The number of hydrogen-bond acceptors (Lipinski definition) is 3. The summed E-state index contributed by atoms with van der Waals surface area (Å²) in [5, 5.41) is 0. The summed E-state index contributed by atoms with van der Waals surface area (Å²) in [5.74, 6) is 1.32. The molecule has 2 bridgehead atoms. The van der Waals surface area contributed by atoms with Gasteiger partial charge < -0.3 is 4.74 Å². The van der Waals surface area contributed by atoms with Crippen molar-refractivity contribution in [2.45, 2.75) is 33.1 Å². The van der Waals surface area contributed by atoms with Gasteiger partial charge in [0, 0.05) is 23.0 Å². The van der Waals surface area contributed by atoms with Crippen molar-refractivity contribution in [2.24, 2.45) is 23.7 Å². The molecule has 2 fully saturated rings. The highest BCUT2D eigenvalue weighted by Crippen LogP contribution is 2.59. The Morgan fingerprint density at radius 1 is 1.29 bits per heavy atom. The second-order valence-electron chi connectivity index (χ2n) is 5.51. The highest BCUT2D eigenvalue weighted by atomic mass is 16.5. The third-order valence-corrected chi connectivity index (χ3v) is 4.82. The van der Waals surface area contributed by atoms with Crippen molar-refractivity contribution in [1.82, 2.24) is 0 Å². The zero-order valence-electron chi connectivity index (χ0n) is 10.4. The minimum atomic E-state index is -0.251. The zero-order valence-corrected chi connectivity index (χ0v) is 10.4. The second kappa shape index (κ2) is 3.69. The van der Waals surface area contributed by atoms with Crippen molar-refractivity contribution in [3.05, 3.63) is 11.1 Å². The van der Waals surface area contributed by atoms with E-state index < -0.39 is 0 Å². The smallest absolute Gasteiger partial charge is 0.334 e. The van der Waals surface area contributed by atoms with Crippen LogP contribution in [-0.2, 0) is 14.3 Å². The molecular weight excluding hydrogens is 216 g/mol. The molecule has 0 aromatic carbocycles. The molecule has 0 aliphatic heterocycles. The number of hydrogen-bond donors (Lipinski definition) is 0. The minimum absolute atomic E-state index is 0.105. The Morgan fingerprint density at radius 2 is 1.94 bits per heavy atom. The molecule has 17 heavy (non-hydrogen) atoms. The van der Waals surface area contributed by atoms with E-state index in [1.54, 1.807) is 6.92 Å². The predicted octanol–water partition coefficient (Wildman–Crippen LogP) is 2.11. The number of allylic oxidation sites excluding steroid dienone is 1. The lowest BCUT2D eigenvalue weighted by Crippen LogP contribution is -2.26. The van der Waals surface area contributed by atoms with Crippen molar-refractivity contribution in [1.29, 1.82) is 0 Å². The first-order valence-corrected chi connectivity index (χ1v) is 6.57. The summed E-state index contributed by atoms with van der Waals surface area (Å²) in [6, 6.07) is 0. The van der Waals surface area contributed by atoms with E-state index >= 15 is 0 Å². The molecule has 3 nitrogen and oxygen atoms in total. The molecule has 0 amide bonds. The van der Waals surface area contributed by atoms with E-state index in [-0.39, 0.29) is 23.6 Å². The maximum absolute atomic E-state index is 12.2. The molecule has 0 heterocycles.